The number of nitrogens with two attached hydrogens (primary N) is 1. The first-order chi connectivity index (χ1) is 12.4. The molecule has 3 N–H and O–H groups in total. The molecule has 6 nitrogen and oxygen atoms in total. The van der Waals surface area contributed by atoms with Crippen LogP contribution >= 0.6 is 0 Å². The minimum atomic E-state index is -0.455. The van der Waals surface area contributed by atoms with Crippen LogP contribution in [0, 0.1) is 12.8 Å². The van der Waals surface area contributed by atoms with Crippen molar-refractivity contribution in [2.75, 3.05) is 19.0 Å². The molecule has 26 heavy (non-hydrogen) atoms. The average Bonchev–Trinajstić information content (AvgIpc) is 2.67. The van der Waals surface area contributed by atoms with E-state index in [0.717, 1.165) is 11.1 Å². The van der Waals surface area contributed by atoms with Crippen molar-refractivity contribution < 1.29 is 19.1 Å². The predicted octanol–water partition coefficient (Wildman–Crippen LogP) is 2.82. The lowest BCUT2D eigenvalue weighted by Gasteiger charge is -2.20. The molecule has 2 unspecified atom stereocenters. The molecule has 1 amide bonds. The van der Waals surface area contributed by atoms with E-state index in [1.807, 2.05) is 37.3 Å². The smallest absolute Gasteiger partial charge is 0.343 e. The summed E-state index contributed by atoms with van der Waals surface area (Å²) in [6, 6.07) is 14.3. The number of carbonyl (C=O) groups excluding carboxylic acids is 2. The van der Waals surface area contributed by atoms with Crippen LogP contribution in [-0.4, -0.2) is 25.6 Å². The second-order valence-corrected chi connectivity index (χ2v) is 6.06. The molecule has 138 valence electrons. The van der Waals surface area contributed by atoms with Gasteiger partial charge in [-0.3, -0.25) is 4.79 Å². The van der Waals surface area contributed by atoms with Crippen LogP contribution in [-0.2, 0) is 14.3 Å². The number of hydrogen-bond donors (Lipinski definition) is 2. The minimum absolute atomic E-state index is 0.160. The molecule has 2 atom stereocenters. The number of anilines is 1. The molecule has 0 saturated carbocycles. The number of amides is 1. The van der Waals surface area contributed by atoms with E-state index in [1.165, 1.54) is 7.11 Å². The van der Waals surface area contributed by atoms with E-state index in [2.05, 4.69) is 10.1 Å². The van der Waals surface area contributed by atoms with E-state index in [9.17, 15) is 9.59 Å². The molecule has 0 fully saturated rings. The Labute approximate surface area is 153 Å². The Kier molecular flexibility index (Phi) is 6.74. The molecule has 0 aliphatic carbocycles. The maximum absolute atomic E-state index is 12.5. The second kappa shape index (κ2) is 9.01. The van der Waals surface area contributed by atoms with Crippen molar-refractivity contribution in [2.45, 2.75) is 19.9 Å². The SMILES string of the molecule is COC(=O)COc1ccc(NC(=O)C(C)C(N)c2ccccc2)c(C)c1. The average molecular weight is 356 g/mol. The first-order valence-corrected chi connectivity index (χ1v) is 8.34. The van der Waals surface area contributed by atoms with E-state index in [-0.39, 0.29) is 18.6 Å². The lowest BCUT2D eigenvalue weighted by molar-refractivity contribution is -0.142. The molecular formula is C20H24N2O4. The van der Waals surface area contributed by atoms with Crippen molar-refractivity contribution in [3.8, 4) is 5.75 Å². The molecule has 2 aromatic carbocycles. The van der Waals surface area contributed by atoms with Gasteiger partial charge in [0.05, 0.1) is 13.0 Å². The number of benzene rings is 2. The zero-order chi connectivity index (χ0) is 19.1. The maximum Gasteiger partial charge on any atom is 0.343 e. The molecule has 0 aliphatic rings. The summed E-state index contributed by atoms with van der Waals surface area (Å²) in [4.78, 5) is 23.7. The summed E-state index contributed by atoms with van der Waals surface area (Å²) >= 11 is 0. The Balaban J connectivity index is 2.01. The predicted molar refractivity (Wildman–Crippen MR) is 99.9 cm³/mol. The molecule has 6 heteroatoms. The first kappa shape index (κ1) is 19.5. The number of carbonyl (C=O) groups is 2. The van der Waals surface area contributed by atoms with Gasteiger partial charge in [0, 0.05) is 11.7 Å². The monoisotopic (exact) mass is 356 g/mol. The molecule has 0 heterocycles. The maximum atomic E-state index is 12.5. The number of esters is 1. The third-order valence-electron chi connectivity index (χ3n) is 4.18. The normalized spacial score (nSPS) is 12.8. The van der Waals surface area contributed by atoms with Gasteiger partial charge in [0.15, 0.2) is 6.61 Å². The van der Waals surface area contributed by atoms with Crippen LogP contribution in [0.2, 0.25) is 0 Å². The van der Waals surface area contributed by atoms with Gasteiger partial charge in [-0.1, -0.05) is 37.3 Å². The Bertz CT molecular complexity index is 762. The molecule has 0 aromatic heterocycles. The van der Waals surface area contributed by atoms with Crippen molar-refractivity contribution in [1.29, 1.82) is 0 Å². The summed E-state index contributed by atoms with van der Waals surface area (Å²) in [5, 5.41) is 2.90. The van der Waals surface area contributed by atoms with Crippen LogP contribution < -0.4 is 15.8 Å². The van der Waals surface area contributed by atoms with Gasteiger partial charge in [-0.05, 0) is 36.2 Å². The largest absolute Gasteiger partial charge is 0.482 e. The summed E-state index contributed by atoms with van der Waals surface area (Å²) in [6.07, 6.45) is 0. The zero-order valence-corrected chi connectivity index (χ0v) is 15.2. The standard InChI is InChI=1S/C20H24N2O4/c1-13-11-16(26-12-18(23)25-3)9-10-17(13)22-20(24)14(2)19(21)15-7-5-4-6-8-15/h4-11,14,19H,12,21H2,1-3H3,(H,22,24). The van der Waals surface area contributed by atoms with E-state index >= 15 is 0 Å². The lowest BCUT2D eigenvalue weighted by atomic mass is 9.94. The first-order valence-electron chi connectivity index (χ1n) is 8.34. The summed E-state index contributed by atoms with van der Waals surface area (Å²) in [7, 11) is 1.30. The summed E-state index contributed by atoms with van der Waals surface area (Å²) in [5.74, 6) is -0.483. The van der Waals surface area contributed by atoms with E-state index in [0.29, 0.717) is 11.4 Å². The fourth-order valence-electron chi connectivity index (χ4n) is 2.44. The van der Waals surface area contributed by atoms with Gasteiger partial charge >= 0.3 is 5.97 Å². The second-order valence-electron chi connectivity index (χ2n) is 6.06. The van der Waals surface area contributed by atoms with Crippen LogP contribution in [0.3, 0.4) is 0 Å². The van der Waals surface area contributed by atoms with Crippen LogP contribution in [0.4, 0.5) is 5.69 Å². The van der Waals surface area contributed by atoms with Gasteiger partial charge < -0.3 is 20.5 Å². The molecule has 2 aromatic rings. The highest BCUT2D eigenvalue weighted by molar-refractivity contribution is 5.93. The highest BCUT2D eigenvalue weighted by Gasteiger charge is 2.22. The Morgan fingerprint density at radius 2 is 1.85 bits per heavy atom. The van der Waals surface area contributed by atoms with Crippen molar-refractivity contribution >= 4 is 17.6 Å². The fourth-order valence-corrected chi connectivity index (χ4v) is 2.44. The van der Waals surface area contributed by atoms with E-state index in [1.54, 1.807) is 25.1 Å². The van der Waals surface area contributed by atoms with Gasteiger partial charge in [0.25, 0.3) is 0 Å². The highest BCUT2D eigenvalue weighted by atomic mass is 16.6. The lowest BCUT2D eigenvalue weighted by Crippen LogP contribution is -2.30. The van der Waals surface area contributed by atoms with Crippen LogP contribution in [0.15, 0.2) is 48.5 Å². The van der Waals surface area contributed by atoms with Crippen LogP contribution in [0.1, 0.15) is 24.1 Å². The van der Waals surface area contributed by atoms with Crippen molar-refractivity contribution in [2.24, 2.45) is 11.7 Å². The molecule has 0 aliphatic heterocycles. The van der Waals surface area contributed by atoms with Gasteiger partial charge in [0.1, 0.15) is 5.75 Å². The molecule has 0 radical (unpaired) electrons. The molecule has 0 bridgehead atoms. The number of rotatable bonds is 7. The van der Waals surface area contributed by atoms with Gasteiger partial charge in [-0.2, -0.15) is 0 Å². The summed E-state index contributed by atoms with van der Waals surface area (Å²) in [5.41, 5.74) is 8.62. The highest BCUT2D eigenvalue weighted by Crippen LogP contribution is 2.24. The number of nitrogens with one attached hydrogen (secondary N) is 1. The molecular weight excluding hydrogens is 332 g/mol. The van der Waals surface area contributed by atoms with E-state index in [4.69, 9.17) is 10.5 Å². The van der Waals surface area contributed by atoms with Crippen LogP contribution in [0.25, 0.3) is 0 Å². The Morgan fingerprint density at radius 3 is 2.46 bits per heavy atom. The van der Waals surface area contributed by atoms with Crippen molar-refractivity contribution in [3.63, 3.8) is 0 Å². The van der Waals surface area contributed by atoms with Gasteiger partial charge in [0.2, 0.25) is 5.91 Å². The fraction of sp³-hybridized carbons (Fsp3) is 0.300. The van der Waals surface area contributed by atoms with Crippen molar-refractivity contribution in [1.82, 2.24) is 0 Å². The zero-order valence-electron chi connectivity index (χ0n) is 15.2. The molecule has 2 rings (SSSR count). The third kappa shape index (κ3) is 5.07. The Hall–Kier alpha value is -2.86. The summed E-state index contributed by atoms with van der Waals surface area (Å²) in [6.45, 7) is 3.49. The summed E-state index contributed by atoms with van der Waals surface area (Å²) < 4.78 is 9.87. The minimum Gasteiger partial charge on any atom is -0.482 e. The van der Waals surface area contributed by atoms with Crippen molar-refractivity contribution in [3.05, 3.63) is 59.7 Å². The van der Waals surface area contributed by atoms with Gasteiger partial charge in [-0.15, -0.1) is 0 Å². The third-order valence-corrected chi connectivity index (χ3v) is 4.18. The molecule has 0 spiro atoms. The number of ether oxygens (including phenoxy) is 2. The number of methoxy groups -OCH3 is 1. The quantitative estimate of drug-likeness (QED) is 0.745. The number of hydrogen-bond acceptors (Lipinski definition) is 5. The van der Waals surface area contributed by atoms with Crippen LogP contribution in [0.5, 0.6) is 5.75 Å². The Morgan fingerprint density at radius 1 is 1.15 bits per heavy atom. The van der Waals surface area contributed by atoms with E-state index < -0.39 is 11.9 Å². The molecule has 0 saturated heterocycles. The van der Waals surface area contributed by atoms with Gasteiger partial charge in [-0.25, -0.2) is 4.79 Å². The topological polar surface area (TPSA) is 90.6 Å². The number of aryl methyl sites for hydroxylation is 1.